The molecule has 12 heteroatoms. The summed E-state index contributed by atoms with van der Waals surface area (Å²) in [6.45, 7) is 3.73. The number of likely N-dealkylation sites (tertiary alicyclic amines) is 1. The summed E-state index contributed by atoms with van der Waals surface area (Å²) < 4.78 is 53.9. The summed E-state index contributed by atoms with van der Waals surface area (Å²) in [5.74, 6) is -0.0885. The number of piperidine rings is 1. The summed E-state index contributed by atoms with van der Waals surface area (Å²) >= 11 is 1.26. The Morgan fingerprint density at radius 1 is 0.935 bits per heavy atom. The van der Waals surface area contributed by atoms with Crippen molar-refractivity contribution in [1.82, 2.24) is 24.6 Å². The lowest BCUT2D eigenvalue weighted by atomic mass is 10.0. The summed E-state index contributed by atoms with van der Waals surface area (Å²) in [6, 6.07) is 18.6. The summed E-state index contributed by atoms with van der Waals surface area (Å²) in [5, 5.41) is 4.81. The molecule has 1 saturated heterocycles. The number of carbonyl (C=O) groups is 1. The van der Waals surface area contributed by atoms with Crippen LogP contribution < -0.4 is 5.56 Å². The predicted octanol–water partition coefficient (Wildman–Crippen LogP) is 6.44. The number of hydrogen-bond donors (Lipinski definition) is 0. The van der Waals surface area contributed by atoms with Gasteiger partial charge in [-0.1, -0.05) is 67.2 Å². The van der Waals surface area contributed by atoms with Gasteiger partial charge < -0.3 is 9.80 Å². The van der Waals surface area contributed by atoms with Crippen LogP contribution in [-0.4, -0.2) is 56.7 Å². The van der Waals surface area contributed by atoms with Crippen molar-refractivity contribution in [1.29, 1.82) is 0 Å². The minimum atomic E-state index is -4.40. The molecule has 1 amide bonds. The molecule has 0 unspecified atom stereocenters. The Bertz CT molecular complexity index is 1690. The normalized spacial score (nSPS) is 14.4. The van der Waals surface area contributed by atoms with Gasteiger partial charge in [0.25, 0.3) is 5.56 Å². The van der Waals surface area contributed by atoms with Crippen molar-refractivity contribution in [3.05, 3.63) is 111 Å². The van der Waals surface area contributed by atoms with Crippen molar-refractivity contribution < 1.29 is 22.4 Å². The molecular weight excluding hydrogens is 618 g/mol. The highest BCUT2D eigenvalue weighted by Gasteiger charge is 2.30. The van der Waals surface area contributed by atoms with Gasteiger partial charge in [-0.2, -0.15) is 23.3 Å². The molecule has 5 rings (SSSR count). The molecule has 0 aliphatic carbocycles. The maximum atomic E-state index is 14.1. The second-order valence-electron chi connectivity index (χ2n) is 11.4. The van der Waals surface area contributed by atoms with Crippen molar-refractivity contribution in [2.75, 3.05) is 20.1 Å². The highest BCUT2D eigenvalue weighted by atomic mass is 32.2. The minimum absolute atomic E-state index is 0.00778. The van der Waals surface area contributed by atoms with Crippen LogP contribution >= 0.6 is 11.8 Å². The Balaban J connectivity index is 1.37. The number of halogens is 4. The van der Waals surface area contributed by atoms with Crippen LogP contribution in [0.25, 0.3) is 11.1 Å². The van der Waals surface area contributed by atoms with E-state index in [0.717, 1.165) is 54.8 Å². The molecule has 3 aromatic carbocycles. The largest absolute Gasteiger partial charge is 0.416 e. The lowest BCUT2D eigenvalue weighted by Gasteiger charge is -2.37. The van der Waals surface area contributed by atoms with E-state index in [1.54, 1.807) is 12.1 Å². The van der Waals surface area contributed by atoms with Crippen molar-refractivity contribution in [3.8, 4) is 11.1 Å². The van der Waals surface area contributed by atoms with Crippen molar-refractivity contribution in [3.63, 3.8) is 0 Å². The first-order valence-electron chi connectivity index (χ1n) is 15.1. The number of hydrogen-bond acceptors (Lipinski definition) is 6. The highest BCUT2D eigenvalue weighted by Crippen LogP contribution is 2.31. The third-order valence-electron chi connectivity index (χ3n) is 8.11. The monoisotopic (exact) mass is 653 g/mol. The molecule has 1 aromatic heterocycles. The van der Waals surface area contributed by atoms with Crippen LogP contribution in [0.3, 0.4) is 0 Å². The summed E-state index contributed by atoms with van der Waals surface area (Å²) in [4.78, 5) is 35.0. The van der Waals surface area contributed by atoms with E-state index in [-0.39, 0.29) is 30.0 Å². The molecule has 1 fully saturated rings. The van der Waals surface area contributed by atoms with Gasteiger partial charge in [0.15, 0.2) is 5.16 Å². The summed E-state index contributed by atoms with van der Waals surface area (Å²) in [6.07, 6.45) is -2.43. The standard InChI is InChI=1S/C34H35F4N5O2S/c1-3-30-32(45)39-33(46-22-24-6-14-28(35)15-7-24)43(40-30)21-31(44)42(29-16-18-41(2)19-17-29)20-23-4-8-25(9-5-23)26-10-12-27(13-11-26)34(36,37)38/h4-15,29H,3,16-22H2,1-2H3. The summed E-state index contributed by atoms with van der Waals surface area (Å²) in [7, 11) is 2.05. The second-order valence-corrected chi connectivity index (χ2v) is 12.3. The number of amides is 1. The zero-order valence-corrected chi connectivity index (χ0v) is 26.5. The highest BCUT2D eigenvalue weighted by molar-refractivity contribution is 7.98. The molecule has 0 atom stereocenters. The maximum absolute atomic E-state index is 14.1. The van der Waals surface area contributed by atoms with E-state index < -0.39 is 17.3 Å². The fourth-order valence-corrected chi connectivity index (χ4v) is 6.29. The first kappa shape index (κ1) is 33.3. The predicted molar refractivity (Wildman–Crippen MR) is 170 cm³/mol. The fraction of sp³-hybridized carbons (Fsp3) is 0.353. The zero-order chi connectivity index (χ0) is 32.8. The summed E-state index contributed by atoms with van der Waals surface area (Å²) in [5.41, 5.74) is 2.29. The molecule has 0 saturated carbocycles. The minimum Gasteiger partial charge on any atom is -0.334 e. The van der Waals surface area contributed by atoms with Crippen LogP contribution in [0.15, 0.2) is 82.7 Å². The van der Waals surface area contributed by atoms with E-state index in [4.69, 9.17) is 0 Å². The molecule has 242 valence electrons. The smallest absolute Gasteiger partial charge is 0.334 e. The van der Waals surface area contributed by atoms with Crippen molar-refractivity contribution in [2.24, 2.45) is 0 Å². The first-order chi connectivity index (χ1) is 22.0. The van der Waals surface area contributed by atoms with E-state index in [1.165, 1.54) is 40.7 Å². The molecule has 1 aliphatic heterocycles. The average molecular weight is 654 g/mol. The number of rotatable bonds is 10. The van der Waals surface area contributed by atoms with Crippen molar-refractivity contribution >= 4 is 17.7 Å². The molecule has 46 heavy (non-hydrogen) atoms. The number of benzene rings is 3. The number of nitrogens with zero attached hydrogens (tertiary/aromatic N) is 5. The van der Waals surface area contributed by atoms with Crippen LogP contribution in [0.1, 0.15) is 42.1 Å². The van der Waals surface area contributed by atoms with Crippen LogP contribution in [-0.2, 0) is 36.2 Å². The molecule has 0 bridgehead atoms. The van der Waals surface area contributed by atoms with Gasteiger partial charge in [-0.15, -0.1) is 0 Å². The lowest BCUT2D eigenvalue weighted by molar-refractivity contribution is -0.138. The Morgan fingerprint density at radius 3 is 2.11 bits per heavy atom. The Labute approximate surface area is 269 Å². The fourth-order valence-electron chi connectivity index (χ4n) is 5.40. The third kappa shape index (κ3) is 8.41. The first-order valence-corrected chi connectivity index (χ1v) is 16.1. The number of aromatic nitrogens is 3. The van der Waals surface area contributed by atoms with Gasteiger partial charge in [0.05, 0.1) is 5.56 Å². The second kappa shape index (κ2) is 14.6. The number of carbonyl (C=O) groups excluding carboxylic acids is 1. The zero-order valence-electron chi connectivity index (χ0n) is 25.6. The van der Waals surface area contributed by atoms with E-state index in [2.05, 4.69) is 22.0 Å². The van der Waals surface area contributed by atoms with Crippen LogP contribution in [0.2, 0.25) is 0 Å². The molecule has 1 aliphatic rings. The van der Waals surface area contributed by atoms with E-state index in [1.807, 2.05) is 36.1 Å². The number of thioether (sulfide) groups is 1. The van der Waals surface area contributed by atoms with Gasteiger partial charge in [0.2, 0.25) is 5.91 Å². The van der Waals surface area contributed by atoms with Crippen LogP contribution in [0.5, 0.6) is 0 Å². The van der Waals surface area contributed by atoms with Crippen LogP contribution in [0, 0.1) is 5.82 Å². The maximum Gasteiger partial charge on any atom is 0.416 e. The lowest BCUT2D eigenvalue weighted by Crippen LogP contribution is -2.47. The number of alkyl halides is 3. The quantitative estimate of drug-likeness (QED) is 0.145. The molecule has 0 N–H and O–H groups in total. The van der Waals surface area contributed by atoms with Gasteiger partial charge in [0, 0.05) is 18.3 Å². The van der Waals surface area contributed by atoms with Crippen LogP contribution in [0.4, 0.5) is 17.6 Å². The van der Waals surface area contributed by atoms with Gasteiger partial charge in [-0.25, -0.2) is 9.07 Å². The van der Waals surface area contributed by atoms with Gasteiger partial charge >= 0.3 is 6.18 Å². The van der Waals surface area contributed by atoms with Gasteiger partial charge in [-0.05, 0) is 85.9 Å². The topological polar surface area (TPSA) is 71.3 Å². The van der Waals surface area contributed by atoms with E-state index in [0.29, 0.717) is 29.4 Å². The Morgan fingerprint density at radius 2 is 1.52 bits per heavy atom. The molecule has 0 spiro atoms. The van der Waals surface area contributed by atoms with Gasteiger partial charge in [0.1, 0.15) is 18.1 Å². The molecule has 7 nitrogen and oxygen atoms in total. The van der Waals surface area contributed by atoms with Gasteiger partial charge in [-0.3, -0.25) is 9.59 Å². The SMILES string of the molecule is CCc1nn(CC(=O)N(Cc2ccc(-c3ccc(C(F)(F)F)cc3)cc2)C2CCN(C)CC2)c(SCc2ccc(F)cc2)nc1=O. The molecule has 0 radical (unpaired) electrons. The molecule has 2 heterocycles. The molecular formula is C34H35F4N5O2S. The Hall–Kier alpha value is -4.03. The van der Waals surface area contributed by atoms with Crippen molar-refractivity contribution in [2.45, 2.75) is 62.4 Å². The molecule has 4 aromatic rings. The Kier molecular flexibility index (Phi) is 10.6. The number of aryl methyl sites for hydroxylation is 1. The van der Waals surface area contributed by atoms with E-state index in [9.17, 15) is 27.2 Å². The van der Waals surface area contributed by atoms with E-state index >= 15 is 0 Å². The average Bonchev–Trinajstić information content (AvgIpc) is 3.04. The third-order valence-corrected chi connectivity index (χ3v) is 9.15.